The molecular formula is C17H11NO. The van der Waals surface area contributed by atoms with Crippen LogP contribution in [0.15, 0.2) is 48.5 Å². The van der Waals surface area contributed by atoms with Crippen LogP contribution in [0.5, 0.6) is 0 Å². The summed E-state index contributed by atoms with van der Waals surface area (Å²) in [6.07, 6.45) is 4.03. The first-order valence-electron chi connectivity index (χ1n) is 6.33. The molecule has 1 aliphatic rings. The number of para-hydroxylation sites is 1. The summed E-state index contributed by atoms with van der Waals surface area (Å²) in [5.41, 5.74) is 4.19. The Bertz CT molecular complexity index is 862. The zero-order chi connectivity index (χ0) is 12.8. The molecule has 4 rings (SSSR count). The maximum atomic E-state index is 11.5. The molecule has 0 radical (unpaired) electrons. The average Bonchev–Trinajstić information content (AvgIpc) is 2.43. The van der Waals surface area contributed by atoms with Gasteiger partial charge in [-0.25, -0.2) is 4.98 Å². The van der Waals surface area contributed by atoms with E-state index in [1.807, 2.05) is 24.3 Å². The summed E-state index contributed by atoms with van der Waals surface area (Å²) in [7, 11) is 0. The second-order valence-corrected chi connectivity index (χ2v) is 4.90. The third-order valence-corrected chi connectivity index (χ3v) is 3.59. The lowest BCUT2D eigenvalue weighted by atomic mass is 9.94. The molecule has 0 aliphatic heterocycles. The number of nitrogens with zero attached hydrogens (tertiary/aromatic N) is 1. The number of carbonyl (C=O) groups excluding carboxylic acids is 1. The molecule has 3 aromatic rings. The molecule has 1 aliphatic carbocycles. The van der Waals surface area contributed by atoms with Gasteiger partial charge in [0.1, 0.15) is 0 Å². The zero-order valence-corrected chi connectivity index (χ0v) is 10.3. The fraction of sp³-hybridized carbons (Fsp3) is 0.0588. The lowest BCUT2D eigenvalue weighted by Crippen LogP contribution is -2.05. The van der Waals surface area contributed by atoms with Crippen LogP contribution in [0.25, 0.3) is 27.9 Å². The van der Waals surface area contributed by atoms with Crippen LogP contribution in [0, 0.1) is 0 Å². The lowest BCUT2D eigenvalue weighted by Gasteiger charge is -2.11. The highest BCUT2D eigenvalue weighted by atomic mass is 16.1. The summed E-state index contributed by atoms with van der Waals surface area (Å²) < 4.78 is 0. The Labute approximate surface area is 110 Å². The van der Waals surface area contributed by atoms with Crippen molar-refractivity contribution < 1.29 is 4.79 Å². The normalized spacial score (nSPS) is 14.0. The molecule has 1 heterocycles. The van der Waals surface area contributed by atoms with E-state index in [1.165, 1.54) is 0 Å². The van der Waals surface area contributed by atoms with Gasteiger partial charge in [0.15, 0.2) is 5.78 Å². The molecular weight excluding hydrogens is 234 g/mol. The molecule has 90 valence electrons. The summed E-state index contributed by atoms with van der Waals surface area (Å²) in [4.78, 5) is 16.2. The van der Waals surface area contributed by atoms with Crippen LogP contribution in [-0.2, 0) is 11.2 Å². The van der Waals surface area contributed by atoms with Crippen molar-refractivity contribution in [1.82, 2.24) is 4.98 Å². The van der Waals surface area contributed by atoms with Gasteiger partial charge in [0, 0.05) is 17.2 Å². The number of allylic oxidation sites excluding steroid dienone is 1. The van der Waals surface area contributed by atoms with Gasteiger partial charge in [0.05, 0.1) is 11.0 Å². The molecule has 2 aromatic carbocycles. The molecule has 0 saturated heterocycles. The molecule has 2 nitrogen and oxygen atoms in total. The highest BCUT2D eigenvalue weighted by molar-refractivity contribution is 6.01. The molecule has 0 bridgehead atoms. The number of aromatic nitrogens is 1. The number of hydrogen-bond acceptors (Lipinski definition) is 2. The van der Waals surface area contributed by atoms with E-state index in [2.05, 4.69) is 29.2 Å². The quantitative estimate of drug-likeness (QED) is 0.567. The Balaban J connectivity index is 2.06. The summed E-state index contributed by atoms with van der Waals surface area (Å²) in [5, 5.41) is 2.23. The number of carbonyl (C=O) groups is 1. The predicted molar refractivity (Wildman–Crippen MR) is 77.0 cm³/mol. The monoisotopic (exact) mass is 245 g/mol. The number of rotatable bonds is 0. The van der Waals surface area contributed by atoms with Gasteiger partial charge in [-0.3, -0.25) is 4.79 Å². The Kier molecular flexibility index (Phi) is 2.06. The minimum Gasteiger partial charge on any atom is -0.294 e. The average molecular weight is 245 g/mol. The smallest absolute Gasteiger partial charge is 0.160 e. The first-order chi connectivity index (χ1) is 9.29. The van der Waals surface area contributed by atoms with Gasteiger partial charge in [-0.15, -0.1) is 0 Å². The van der Waals surface area contributed by atoms with E-state index in [0.29, 0.717) is 6.42 Å². The Morgan fingerprint density at radius 3 is 2.74 bits per heavy atom. The molecule has 0 saturated carbocycles. The largest absolute Gasteiger partial charge is 0.294 e. The summed E-state index contributed by atoms with van der Waals surface area (Å²) in [6.45, 7) is 0. The van der Waals surface area contributed by atoms with Crippen molar-refractivity contribution in [3.05, 3.63) is 59.7 Å². The van der Waals surface area contributed by atoms with E-state index in [4.69, 9.17) is 0 Å². The second-order valence-electron chi connectivity index (χ2n) is 4.90. The highest BCUT2D eigenvalue weighted by Gasteiger charge is 2.12. The van der Waals surface area contributed by atoms with Gasteiger partial charge in [-0.2, -0.15) is 0 Å². The lowest BCUT2D eigenvalue weighted by molar-refractivity contribution is -0.114. The molecule has 0 N–H and O–H groups in total. The number of pyridine rings is 1. The van der Waals surface area contributed by atoms with Crippen molar-refractivity contribution in [1.29, 1.82) is 0 Å². The van der Waals surface area contributed by atoms with Crippen LogP contribution in [-0.4, -0.2) is 10.8 Å². The van der Waals surface area contributed by atoms with E-state index in [1.54, 1.807) is 6.08 Å². The van der Waals surface area contributed by atoms with Gasteiger partial charge in [-0.1, -0.05) is 24.3 Å². The third-order valence-electron chi connectivity index (χ3n) is 3.59. The minimum atomic E-state index is 0.167. The SMILES string of the molecule is O=C1C=Cc2cc3nc4ccccc4cc3cc2C1. The van der Waals surface area contributed by atoms with Crippen LogP contribution in [0.3, 0.4) is 0 Å². The van der Waals surface area contributed by atoms with Crippen molar-refractivity contribution >= 4 is 33.7 Å². The summed E-state index contributed by atoms with van der Waals surface area (Å²) >= 11 is 0. The standard InChI is InChI=1S/C17H11NO/c19-15-6-5-11-10-17-14(8-13(11)9-15)7-12-3-1-2-4-16(12)18-17/h1-8,10H,9H2. The van der Waals surface area contributed by atoms with Crippen LogP contribution in [0.1, 0.15) is 11.1 Å². The molecule has 2 heteroatoms. The van der Waals surface area contributed by atoms with Crippen LogP contribution in [0.4, 0.5) is 0 Å². The molecule has 1 aromatic heterocycles. The fourth-order valence-corrected chi connectivity index (χ4v) is 2.63. The summed E-state index contributed by atoms with van der Waals surface area (Å²) in [6, 6.07) is 14.4. The van der Waals surface area contributed by atoms with E-state index >= 15 is 0 Å². The summed E-state index contributed by atoms with van der Waals surface area (Å²) in [5.74, 6) is 0.167. The minimum absolute atomic E-state index is 0.167. The molecule has 0 amide bonds. The van der Waals surface area contributed by atoms with E-state index in [9.17, 15) is 4.79 Å². The van der Waals surface area contributed by atoms with Crippen molar-refractivity contribution in [2.24, 2.45) is 0 Å². The van der Waals surface area contributed by atoms with Gasteiger partial charge in [-0.05, 0) is 41.5 Å². The van der Waals surface area contributed by atoms with Crippen molar-refractivity contribution in [2.75, 3.05) is 0 Å². The topological polar surface area (TPSA) is 30.0 Å². The molecule has 0 fully saturated rings. The van der Waals surface area contributed by atoms with Crippen molar-refractivity contribution in [2.45, 2.75) is 6.42 Å². The first kappa shape index (κ1) is 10.4. The Morgan fingerprint density at radius 1 is 0.895 bits per heavy atom. The van der Waals surface area contributed by atoms with Crippen LogP contribution >= 0.6 is 0 Å². The van der Waals surface area contributed by atoms with Crippen LogP contribution < -0.4 is 0 Å². The van der Waals surface area contributed by atoms with Gasteiger partial charge in [0.25, 0.3) is 0 Å². The number of fused-ring (bicyclic) bond motifs is 3. The second kappa shape index (κ2) is 3.75. The zero-order valence-electron chi connectivity index (χ0n) is 10.3. The van der Waals surface area contributed by atoms with Gasteiger partial charge >= 0.3 is 0 Å². The van der Waals surface area contributed by atoms with E-state index < -0.39 is 0 Å². The fourth-order valence-electron chi connectivity index (χ4n) is 2.63. The van der Waals surface area contributed by atoms with E-state index in [-0.39, 0.29) is 5.78 Å². The maximum Gasteiger partial charge on any atom is 0.160 e. The number of benzene rings is 2. The predicted octanol–water partition coefficient (Wildman–Crippen LogP) is 3.53. The Morgan fingerprint density at radius 2 is 1.79 bits per heavy atom. The van der Waals surface area contributed by atoms with Gasteiger partial charge < -0.3 is 0 Å². The molecule has 0 atom stereocenters. The highest BCUT2D eigenvalue weighted by Crippen LogP contribution is 2.26. The van der Waals surface area contributed by atoms with Gasteiger partial charge in [0.2, 0.25) is 0 Å². The molecule has 19 heavy (non-hydrogen) atoms. The first-order valence-corrected chi connectivity index (χ1v) is 6.33. The number of hydrogen-bond donors (Lipinski definition) is 0. The maximum absolute atomic E-state index is 11.5. The number of ketones is 1. The third kappa shape index (κ3) is 1.65. The van der Waals surface area contributed by atoms with Crippen molar-refractivity contribution in [3.8, 4) is 0 Å². The molecule has 0 spiro atoms. The molecule has 0 unspecified atom stereocenters. The van der Waals surface area contributed by atoms with E-state index in [0.717, 1.165) is 32.9 Å². The van der Waals surface area contributed by atoms with Crippen LogP contribution in [0.2, 0.25) is 0 Å². The van der Waals surface area contributed by atoms with Crippen molar-refractivity contribution in [3.63, 3.8) is 0 Å². The Hall–Kier alpha value is -2.48.